The summed E-state index contributed by atoms with van der Waals surface area (Å²) in [5.74, 6) is -2.55. The molecule has 1 aromatic rings. The molecule has 0 amide bonds. The van der Waals surface area contributed by atoms with Crippen LogP contribution < -0.4 is 5.32 Å². The van der Waals surface area contributed by atoms with Gasteiger partial charge in [-0.05, 0) is 6.92 Å². The van der Waals surface area contributed by atoms with Crippen molar-refractivity contribution in [3.05, 3.63) is 23.0 Å². The Morgan fingerprint density at radius 3 is 2.67 bits per heavy atom. The van der Waals surface area contributed by atoms with Gasteiger partial charge in [0.2, 0.25) is 0 Å². The molecule has 0 bridgehead atoms. The molecule has 0 saturated heterocycles. The van der Waals surface area contributed by atoms with Crippen LogP contribution in [0.25, 0.3) is 0 Å². The second-order valence-electron chi connectivity index (χ2n) is 3.69. The van der Waals surface area contributed by atoms with Gasteiger partial charge in [-0.3, -0.25) is 9.78 Å². The summed E-state index contributed by atoms with van der Waals surface area (Å²) in [5.41, 5.74) is 1.23. The van der Waals surface area contributed by atoms with Gasteiger partial charge in [-0.25, -0.2) is 4.79 Å². The van der Waals surface area contributed by atoms with Crippen molar-refractivity contribution < 1.29 is 24.9 Å². The van der Waals surface area contributed by atoms with Gasteiger partial charge < -0.3 is 20.6 Å². The number of aryl methyl sites for hydroxylation is 1. The van der Waals surface area contributed by atoms with Crippen molar-refractivity contribution in [1.29, 1.82) is 0 Å². The minimum absolute atomic E-state index is 0.0724. The number of aliphatic carboxylic acids is 1. The number of carboxylic acid groups (broad SMARTS) is 1. The number of ketones is 1. The molecule has 1 rings (SSSR count). The van der Waals surface area contributed by atoms with Crippen molar-refractivity contribution >= 4 is 11.8 Å². The summed E-state index contributed by atoms with van der Waals surface area (Å²) < 4.78 is 0. The third-order valence-corrected chi connectivity index (χ3v) is 2.43. The summed E-state index contributed by atoms with van der Waals surface area (Å²) in [6.45, 7) is 1.03. The number of carbonyl (C=O) groups is 2. The monoisotopic (exact) mass is 254 g/mol. The van der Waals surface area contributed by atoms with Crippen LogP contribution in [0.4, 0.5) is 0 Å². The number of aromatic hydroxyl groups is 1. The first-order valence-corrected chi connectivity index (χ1v) is 5.21. The molecule has 98 valence electrons. The van der Waals surface area contributed by atoms with Crippen LogP contribution in [0.2, 0.25) is 0 Å². The normalized spacial score (nSPS) is 10.3. The number of carbonyl (C=O) groups excluding carboxylic acids is 1. The van der Waals surface area contributed by atoms with Crippen molar-refractivity contribution in [2.75, 3.05) is 6.54 Å². The summed E-state index contributed by atoms with van der Waals surface area (Å²) in [6.07, 6.45) is 1.42. The Hall–Kier alpha value is -1.99. The van der Waals surface area contributed by atoms with E-state index in [0.29, 0.717) is 16.8 Å². The minimum Gasteiger partial charge on any atom is -0.506 e. The molecule has 0 aromatic carbocycles. The lowest BCUT2D eigenvalue weighted by atomic mass is 10.1. The van der Waals surface area contributed by atoms with E-state index in [2.05, 4.69) is 10.3 Å². The molecule has 18 heavy (non-hydrogen) atoms. The molecule has 0 aliphatic rings. The Labute approximate surface area is 103 Å². The van der Waals surface area contributed by atoms with E-state index in [1.165, 1.54) is 6.20 Å². The highest BCUT2D eigenvalue weighted by Crippen LogP contribution is 2.23. The topological polar surface area (TPSA) is 120 Å². The Bertz CT molecular complexity index is 473. The molecule has 7 nitrogen and oxygen atoms in total. The Morgan fingerprint density at radius 2 is 2.11 bits per heavy atom. The van der Waals surface area contributed by atoms with Crippen LogP contribution in [0.1, 0.15) is 16.8 Å². The average Bonchev–Trinajstić information content (AvgIpc) is 2.34. The molecule has 1 aromatic heterocycles. The van der Waals surface area contributed by atoms with E-state index in [0.717, 1.165) is 0 Å². The van der Waals surface area contributed by atoms with E-state index in [-0.39, 0.29) is 25.4 Å². The number of aliphatic hydroxyl groups excluding tert-OH is 1. The molecule has 0 radical (unpaired) electrons. The zero-order valence-electron chi connectivity index (χ0n) is 9.80. The maximum atomic E-state index is 10.9. The molecule has 7 heteroatoms. The molecule has 0 fully saturated rings. The number of hydrogen-bond acceptors (Lipinski definition) is 6. The summed E-state index contributed by atoms with van der Waals surface area (Å²) in [4.78, 5) is 25.0. The number of aromatic nitrogens is 1. The summed E-state index contributed by atoms with van der Waals surface area (Å²) in [5, 5.41) is 29.8. The first-order valence-electron chi connectivity index (χ1n) is 5.21. The van der Waals surface area contributed by atoms with E-state index in [4.69, 9.17) is 10.2 Å². The molecule has 1 heterocycles. The molecule has 0 unspecified atom stereocenters. The predicted octanol–water partition coefficient (Wildman–Crippen LogP) is -0.669. The van der Waals surface area contributed by atoms with Crippen LogP contribution in [0.15, 0.2) is 6.20 Å². The molecule has 0 atom stereocenters. The molecular formula is C11H14N2O5. The average molecular weight is 254 g/mol. The van der Waals surface area contributed by atoms with E-state index in [1.54, 1.807) is 6.92 Å². The van der Waals surface area contributed by atoms with E-state index < -0.39 is 11.8 Å². The smallest absolute Gasteiger partial charge is 0.373 e. The number of pyridine rings is 1. The molecule has 0 aliphatic heterocycles. The minimum atomic E-state index is -1.51. The lowest BCUT2D eigenvalue weighted by Gasteiger charge is -2.11. The standard InChI is InChI=1S/C11H14N2O5/c1-6-10(16)8(7(5-14)2-13-6)3-12-4-9(15)11(17)18/h2,12,14,16H,3-5H2,1H3,(H,17,18). The van der Waals surface area contributed by atoms with E-state index >= 15 is 0 Å². The fourth-order valence-corrected chi connectivity index (χ4v) is 1.39. The van der Waals surface area contributed by atoms with Gasteiger partial charge in [-0.2, -0.15) is 0 Å². The van der Waals surface area contributed by atoms with Gasteiger partial charge in [0.15, 0.2) is 0 Å². The summed E-state index contributed by atoms with van der Waals surface area (Å²) in [7, 11) is 0. The van der Waals surface area contributed by atoms with Crippen molar-refractivity contribution in [2.24, 2.45) is 0 Å². The van der Waals surface area contributed by atoms with Gasteiger partial charge in [0.05, 0.1) is 18.8 Å². The number of hydrogen-bond donors (Lipinski definition) is 4. The maximum Gasteiger partial charge on any atom is 0.373 e. The number of nitrogens with zero attached hydrogens (tertiary/aromatic N) is 1. The van der Waals surface area contributed by atoms with Gasteiger partial charge in [0.25, 0.3) is 5.78 Å². The quantitative estimate of drug-likeness (QED) is 0.497. The Morgan fingerprint density at radius 1 is 1.44 bits per heavy atom. The number of Topliss-reactive ketones (excluding diaryl/α,β-unsaturated/α-hetero) is 1. The van der Waals surface area contributed by atoms with Crippen molar-refractivity contribution in [3.63, 3.8) is 0 Å². The first-order chi connectivity index (χ1) is 8.47. The number of aliphatic hydroxyl groups is 1. The van der Waals surface area contributed by atoms with Gasteiger partial charge >= 0.3 is 5.97 Å². The molecule has 0 saturated carbocycles. The second-order valence-corrected chi connectivity index (χ2v) is 3.69. The number of nitrogens with one attached hydrogen (secondary N) is 1. The second kappa shape index (κ2) is 6.08. The SMILES string of the molecule is Cc1ncc(CO)c(CNCC(=O)C(=O)O)c1O. The van der Waals surface area contributed by atoms with E-state index in [1.807, 2.05) is 0 Å². The lowest BCUT2D eigenvalue weighted by Crippen LogP contribution is -2.28. The third-order valence-electron chi connectivity index (χ3n) is 2.43. The Balaban J connectivity index is 2.75. The lowest BCUT2D eigenvalue weighted by molar-refractivity contribution is -0.148. The van der Waals surface area contributed by atoms with Crippen LogP contribution in [-0.2, 0) is 22.7 Å². The zero-order valence-corrected chi connectivity index (χ0v) is 9.80. The summed E-state index contributed by atoms with van der Waals surface area (Å²) in [6, 6.07) is 0. The third kappa shape index (κ3) is 3.25. The largest absolute Gasteiger partial charge is 0.506 e. The fourth-order valence-electron chi connectivity index (χ4n) is 1.39. The highest BCUT2D eigenvalue weighted by molar-refractivity contribution is 6.33. The van der Waals surface area contributed by atoms with Crippen molar-refractivity contribution in [1.82, 2.24) is 10.3 Å². The highest BCUT2D eigenvalue weighted by atomic mass is 16.4. The molecule has 0 spiro atoms. The predicted molar refractivity (Wildman–Crippen MR) is 60.9 cm³/mol. The maximum absolute atomic E-state index is 10.9. The summed E-state index contributed by atoms with van der Waals surface area (Å²) >= 11 is 0. The number of rotatable bonds is 6. The van der Waals surface area contributed by atoms with Crippen LogP contribution in [-0.4, -0.2) is 38.6 Å². The van der Waals surface area contributed by atoms with Gasteiger partial charge in [0, 0.05) is 23.9 Å². The first kappa shape index (κ1) is 14.1. The van der Waals surface area contributed by atoms with Crippen molar-refractivity contribution in [2.45, 2.75) is 20.1 Å². The van der Waals surface area contributed by atoms with Crippen LogP contribution in [0.5, 0.6) is 5.75 Å². The fraction of sp³-hybridized carbons (Fsp3) is 0.364. The molecular weight excluding hydrogens is 240 g/mol. The highest BCUT2D eigenvalue weighted by Gasteiger charge is 2.14. The van der Waals surface area contributed by atoms with E-state index in [9.17, 15) is 14.7 Å². The number of carboxylic acids is 1. The van der Waals surface area contributed by atoms with Crippen molar-refractivity contribution in [3.8, 4) is 5.75 Å². The Kier molecular flexibility index (Phi) is 4.75. The molecule has 0 aliphatic carbocycles. The zero-order chi connectivity index (χ0) is 13.7. The van der Waals surface area contributed by atoms with Gasteiger partial charge in [-0.1, -0.05) is 0 Å². The molecule has 4 N–H and O–H groups in total. The van der Waals surface area contributed by atoms with Crippen LogP contribution in [0, 0.1) is 6.92 Å². The van der Waals surface area contributed by atoms with Crippen LogP contribution >= 0.6 is 0 Å². The van der Waals surface area contributed by atoms with Gasteiger partial charge in [-0.15, -0.1) is 0 Å². The van der Waals surface area contributed by atoms with Crippen LogP contribution in [0.3, 0.4) is 0 Å². The van der Waals surface area contributed by atoms with Gasteiger partial charge in [0.1, 0.15) is 5.75 Å².